The van der Waals surface area contributed by atoms with Crippen LogP contribution in [0, 0.1) is 5.82 Å². The average Bonchev–Trinajstić information content (AvgIpc) is 2.82. The first-order valence-corrected chi connectivity index (χ1v) is 12.2. The van der Waals surface area contributed by atoms with E-state index in [1.54, 1.807) is 48.3 Å². The Labute approximate surface area is 203 Å². The Morgan fingerprint density at radius 1 is 1.12 bits per heavy atom. The topological polar surface area (TPSA) is 42.4 Å². The summed E-state index contributed by atoms with van der Waals surface area (Å²) in [7, 11) is 0. The highest BCUT2D eigenvalue weighted by atomic mass is 35.5. The molecule has 1 aliphatic rings. The SMILES string of the molecule is CC(C)N(C(=O)c1ccccn1)c1ccc(C2(Sc3ccc(Cl)cc3)CCOCC2)cc1F. The molecule has 4 rings (SSSR count). The molecule has 1 aliphatic heterocycles. The van der Waals surface area contributed by atoms with Gasteiger partial charge in [-0.05, 0) is 80.8 Å². The number of thioether (sulfide) groups is 1. The van der Waals surface area contributed by atoms with Crippen molar-refractivity contribution in [2.75, 3.05) is 18.1 Å². The molecule has 0 aliphatic carbocycles. The molecule has 1 saturated heterocycles. The highest BCUT2D eigenvalue weighted by molar-refractivity contribution is 8.00. The maximum Gasteiger partial charge on any atom is 0.277 e. The van der Waals surface area contributed by atoms with Gasteiger partial charge in [-0.3, -0.25) is 9.78 Å². The number of benzene rings is 2. The Morgan fingerprint density at radius 2 is 1.85 bits per heavy atom. The summed E-state index contributed by atoms with van der Waals surface area (Å²) in [5, 5.41) is 0.683. The molecule has 2 aromatic carbocycles. The molecule has 7 heteroatoms. The van der Waals surface area contributed by atoms with E-state index in [0.717, 1.165) is 23.3 Å². The highest BCUT2D eigenvalue weighted by Crippen LogP contribution is 2.49. The fourth-order valence-corrected chi connectivity index (χ4v) is 5.56. The van der Waals surface area contributed by atoms with Crippen LogP contribution in [0.1, 0.15) is 42.7 Å². The van der Waals surface area contributed by atoms with Gasteiger partial charge in [0.25, 0.3) is 5.91 Å². The normalized spacial score (nSPS) is 15.4. The lowest BCUT2D eigenvalue weighted by Gasteiger charge is -2.37. The van der Waals surface area contributed by atoms with Gasteiger partial charge in [-0.1, -0.05) is 23.7 Å². The first-order chi connectivity index (χ1) is 15.9. The van der Waals surface area contributed by atoms with Gasteiger partial charge in [0.05, 0.1) is 5.69 Å². The Morgan fingerprint density at radius 3 is 2.45 bits per heavy atom. The van der Waals surface area contributed by atoms with E-state index in [0.29, 0.717) is 18.2 Å². The lowest BCUT2D eigenvalue weighted by molar-refractivity contribution is 0.0768. The van der Waals surface area contributed by atoms with Gasteiger partial charge in [0.2, 0.25) is 0 Å². The van der Waals surface area contributed by atoms with Crippen LogP contribution in [0.5, 0.6) is 0 Å². The lowest BCUT2D eigenvalue weighted by Crippen LogP contribution is -2.38. The molecule has 0 spiro atoms. The standard InChI is InChI=1S/C26H26ClFN2O2S/c1-18(2)30(25(31)23-5-3-4-14-29-23)24-11-6-19(17-22(24)28)26(12-15-32-16-13-26)33-21-9-7-20(27)8-10-21/h3-11,14,17-18H,12-13,15-16H2,1-2H3. The van der Waals surface area contributed by atoms with Gasteiger partial charge in [-0.15, -0.1) is 11.8 Å². The van der Waals surface area contributed by atoms with Crippen LogP contribution >= 0.6 is 23.4 Å². The van der Waals surface area contributed by atoms with E-state index >= 15 is 4.39 Å². The summed E-state index contributed by atoms with van der Waals surface area (Å²) in [5.74, 6) is -0.748. The third-order valence-corrected chi connectivity index (χ3v) is 7.57. The predicted octanol–water partition coefficient (Wildman–Crippen LogP) is 6.73. The number of aromatic nitrogens is 1. The zero-order valence-electron chi connectivity index (χ0n) is 18.6. The van der Waals surface area contributed by atoms with Crippen LogP contribution in [0.2, 0.25) is 5.02 Å². The van der Waals surface area contributed by atoms with E-state index in [4.69, 9.17) is 16.3 Å². The van der Waals surface area contributed by atoms with Crippen LogP contribution in [-0.4, -0.2) is 30.1 Å². The zero-order valence-corrected chi connectivity index (χ0v) is 20.2. The maximum absolute atomic E-state index is 15.6. The van der Waals surface area contributed by atoms with Crippen molar-refractivity contribution < 1.29 is 13.9 Å². The largest absolute Gasteiger partial charge is 0.381 e. The Kier molecular flexibility index (Phi) is 7.37. The molecule has 0 saturated carbocycles. The summed E-state index contributed by atoms with van der Waals surface area (Å²) in [6.45, 7) is 4.95. The third kappa shape index (κ3) is 5.24. The van der Waals surface area contributed by atoms with Gasteiger partial charge in [0, 0.05) is 40.1 Å². The minimum Gasteiger partial charge on any atom is -0.381 e. The zero-order chi connectivity index (χ0) is 23.4. The first kappa shape index (κ1) is 23.7. The molecule has 0 bridgehead atoms. The highest BCUT2D eigenvalue weighted by Gasteiger charge is 2.37. The van der Waals surface area contributed by atoms with Crippen molar-refractivity contribution in [1.29, 1.82) is 0 Å². The molecule has 2 heterocycles. The molecule has 1 fully saturated rings. The number of hydrogen-bond acceptors (Lipinski definition) is 4. The lowest BCUT2D eigenvalue weighted by atomic mass is 9.90. The van der Waals surface area contributed by atoms with Gasteiger partial charge >= 0.3 is 0 Å². The maximum atomic E-state index is 15.6. The number of halogens is 2. The molecular weight excluding hydrogens is 459 g/mol. The van der Waals surface area contributed by atoms with Crippen LogP contribution in [0.3, 0.4) is 0 Å². The first-order valence-electron chi connectivity index (χ1n) is 11.0. The average molecular weight is 485 g/mol. The molecule has 1 aromatic heterocycles. The van der Waals surface area contributed by atoms with Gasteiger partial charge in [0.1, 0.15) is 11.5 Å². The van der Waals surface area contributed by atoms with Crippen molar-refractivity contribution in [3.8, 4) is 0 Å². The number of rotatable bonds is 6. The molecule has 0 radical (unpaired) electrons. The smallest absolute Gasteiger partial charge is 0.277 e. The van der Waals surface area contributed by atoms with E-state index in [1.807, 2.05) is 44.2 Å². The van der Waals surface area contributed by atoms with Crippen LogP contribution < -0.4 is 4.90 Å². The number of amides is 1. The molecule has 172 valence electrons. The van der Waals surface area contributed by atoms with E-state index in [1.165, 1.54) is 4.90 Å². The second-order valence-electron chi connectivity index (χ2n) is 8.31. The Hall–Kier alpha value is -2.41. The number of pyridine rings is 1. The molecule has 1 amide bonds. The molecule has 4 nitrogen and oxygen atoms in total. The monoisotopic (exact) mass is 484 g/mol. The van der Waals surface area contributed by atoms with Crippen molar-refractivity contribution >= 4 is 35.0 Å². The van der Waals surface area contributed by atoms with Crippen molar-refractivity contribution in [3.05, 3.63) is 89.0 Å². The quantitative estimate of drug-likeness (QED) is 0.389. The predicted molar refractivity (Wildman–Crippen MR) is 132 cm³/mol. The van der Waals surface area contributed by atoms with Crippen molar-refractivity contribution in [3.63, 3.8) is 0 Å². The summed E-state index contributed by atoms with van der Waals surface area (Å²) in [5.41, 5.74) is 1.43. The molecular formula is C26H26ClFN2O2S. The van der Waals surface area contributed by atoms with Crippen LogP contribution in [0.4, 0.5) is 10.1 Å². The second-order valence-corrected chi connectivity index (χ2v) is 10.2. The summed E-state index contributed by atoms with van der Waals surface area (Å²) >= 11 is 7.76. The second kappa shape index (κ2) is 10.2. The van der Waals surface area contributed by atoms with Gasteiger partial charge in [-0.25, -0.2) is 4.39 Å². The Balaban J connectivity index is 1.69. The number of carbonyl (C=O) groups excluding carboxylic acids is 1. The van der Waals surface area contributed by atoms with Crippen LogP contribution in [0.15, 0.2) is 71.8 Å². The van der Waals surface area contributed by atoms with Crippen LogP contribution in [-0.2, 0) is 9.48 Å². The molecule has 0 unspecified atom stereocenters. The van der Waals surface area contributed by atoms with E-state index < -0.39 is 5.82 Å². The number of carbonyl (C=O) groups is 1. The summed E-state index contributed by atoms with van der Waals surface area (Å²) in [6, 6.07) is 17.8. The van der Waals surface area contributed by atoms with Crippen molar-refractivity contribution in [2.24, 2.45) is 0 Å². The van der Waals surface area contributed by atoms with E-state index in [2.05, 4.69) is 4.98 Å². The molecule has 0 atom stereocenters. The number of nitrogens with zero attached hydrogens (tertiary/aromatic N) is 2. The molecule has 3 aromatic rings. The third-order valence-electron chi connectivity index (χ3n) is 5.78. The van der Waals surface area contributed by atoms with Crippen molar-refractivity contribution in [2.45, 2.75) is 42.4 Å². The van der Waals surface area contributed by atoms with Crippen LogP contribution in [0.25, 0.3) is 0 Å². The fourth-order valence-electron chi connectivity index (χ4n) is 4.10. The Bertz CT molecular complexity index is 1100. The van der Waals surface area contributed by atoms with Gasteiger partial charge in [-0.2, -0.15) is 0 Å². The minimum absolute atomic E-state index is 0.236. The molecule has 0 N–H and O–H groups in total. The minimum atomic E-state index is -0.423. The van der Waals surface area contributed by atoms with Gasteiger partial charge in [0.15, 0.2) is 0 Å². The fraction of sp³-hybridized carbons (Fsp3) is 0.308. The van der Waals surface area contributed by atoms with Crippen molar-refractivity contribution in [1.82, 2.24) is 4.98 Å². The van der Waals surface area contributed by atoms with E-state index in [9.17, 15) is 4.79 Å². The van der Waals surface area contributed by atoms with Gasteiger partial charge < -0.3 is 9.64 Å². The van der Waals surface area contributed by atoms with E-state index in [-0.39, 0.29) is 28.1 Å². The molecule has 33 heavy (non-hydrogen) atoms. The number of anilines is 1. The summed E-state index contributed by atoms with van der Waals surface area (Å²) in [6.07, 6.45) is 3.09. The number of hydrogen-bond donors (Lipinski definition) is 0. The summed E-state index contributed by atoms with van der Waals surface area (Å²) < 4.78 is 20.9. The summed E-state index contributed by atoms with van der Waals surface area (Å²) in [4.78, 5) is 19.8. The number of ether oxygens (including phenoxy) is 1.